The van der Waals surface area contributed by atoms with Gasteiger partial charge in [-0.1, -0.05) is 60.7 Å². The third kappa shape index (κ3) is 3.88. The van der Waals surface area contributed by atoms with E-state index < -0.39 is 0 Å². The maximum Gasteiger partial charge on any atom is 0.0608 e. The standard InChI is InChI=1S/C18H21NOS/c19-17(11-14-7-3-1-4-8-14)18(21-16-12-20-13-16)15-9-5-2-6-10-15/h1-10,16-18H,11-13,19H2. The zero-order chi connectivity index (χ0) is 14.5. The minimum absolute atomic E-state index is 0.111. The van der Waals surface area contributed by atoms with Crippen LogP contribution in [0.3, 0.4) is 0 Å². The second-order valence-corrected chi connectivity index (χ2v) is 6.93. The van der Waals surface area contributed by atoms with E-state index in [1.54, 1.807) is 0 Å². The maximum absolute atomic E-state index is 6.55. The fourth-order valence-corrected chi connectivity index (χ4v) is 3.94. The Morgan fingerprint density at radius 2 is 1.62 bits per heavy atom. The van der Waals surface area contributed by atoms with Gasteiger partial charge >= 0.3 is 0 Å². The van der Waals surface area contributed by atoms with Crippen LogP contribution < -0.4 is 5.73 Å². The second kappa shape index (κ2) is 7.12. The lowest BCUT2D eigenvalue weighted by Gasteiger charge is -2.32. The Morgan fingerprint density at radius 1 is 1.00 bits per heavy atom. The summed E-state index contributed by atoms with van der Waals surface area (Å²) in [5, 5.41) is 0.900. The number of ether oxygens (including phenoxy) is 1. The first kappa shape index (κ1) is 14.6. The average molecular weight is 299 g/mol. The summed E-state index contributed by atoms with van der Waals surface area (Å²) < 4.78 is 5.31. The molecule has 2 aromatic carbocycles. The summed E-state index contributed by atoms with van der Waals surface area (Å²) in [6.45, 7) is 1.71. The molecule has 110 valence electrons. The lowest BCUT2D eigenvalue weighted by Crippen LogP contribution is -2.36. The zero-order valence-corrected chi connectivity index (χ0v) is 12.8. The van der Waals surface area contributed by atoms with Crippen LogP contribution >= 0.6 is 11.8 Å². The highest BCUT2D eigenvalue weighted by molar-refractivity contribution is 8.00. The Balaban J connectivity index is 1.74. The average Bonchev–Trinajstić information content (AvgIpc) is 2.48. The molecule has 2 aromatic rings. The van der Waals surface area contributed by atoms with E-state index in [9.17, 15) is 0 Å². The van der Waals surface area contributed by atoms with Crippen LogP contribution in [0.1, 0.15) is 16.4 Å². The monoisotopic (exact) mass is 299 g/mol. The third-order valence-corrected chi connectivity index (χ3v) is 5.35. The number of hydrogen-bond acceptors (Lipinski definition) is 3. The molecule has 21 heavy (non-hydrogen) atoms. The molecule has 0 aromatic heterocycles. The molecular weight excluding hydrogens is 278 g/mol. The summed E-state index contributed by atoms with van der Waals surface area (Å²) in [4.78, 5) is 0. The van der Waals surface area contributed by atoms with Crippen molar-refractivity contribution >= 4 is 11.8 Å². The first-order valence-electron chi connectivity index (χ1n) is 7.40. The number of rotatable bonds is 6. The van der Waals surface area contributed by atoms with Gasteiger partial charge in [0.15, 0.2) is 0 Å². The molecule has 2 N–H and O–H groups in total. The van der Waals surface area contributed by atoms with Crippen LogP contribution in [0.2, 0.25) is 0 Å². The van der Waals surface area contributed by atoms with Gasteiger partial charge in [0, 0.05) is 11.3 Å². The smallest absolute Gasteiger partial charge is 0.0608 e. The Hall–Kier alpha value is -1.29. The summed E-state index contributed by atoms with van der Waals surface area (Å²) in [7, 11) is 0. The van der Waals surface area contributed by atoms with Gasteiger partial charge in [0.25, 0.3) is 0 Å². The maximum atomic E-state index is 6.55. The van der Waals surface area contributed by atoms with Gasteiger partial charge in [-0.2, -0.15) is 0 Å². The van der Waals surface area contributed by atoms with E-state index in [1.807, 2.05) is 17.8 Å². The summed E-state index contributed by atoms with van der Waals surface area (Å²) in [6.07, 6.45) is 0.904. The van der Waals surface area contributed by atoms with E-state index in [4.69, 9.17) is 10.5 Å². The molecule has 1 saturated heterocycles. The van der Waals surface area contributed by atoms with Crippen LogP contribution in [0.4, 0.5) is 0 Å². The van der Waals surface area contributed by atoms with Crippen LogP contribution in [-0.4, -0.2) is 24.5 Å². The van der Waals surface area contributed by atoms with Gasteiger partial charge in [-0.25, -0.2) is 0 Å². The van der Waals surface area contributed by atoms with E-state index in [1.165, 1.54) is 11.1 Å². The van der Waals surface area contributed by atoms with Gasteiger partial charge in [0.05, 0.1) is 18.5 Å². The summed E-state index contributed by atoms with van der Waals surface area (Å²) in [6, 6.07) is 21.2. The molecule has 0 saturated carbocycles. The highest BCUT2D eigenvalue weighted by Crippen LogP contribution is 2.37. The lowest BCUT2D eigenvalue weighted by molar-refractivity contribution is 0.0452. The van der Waals surface area contributed by atoms with E-state index in [2.05, 4.69) is 54.6 Å². The van der Waals surface area contributed by atoms with Gasteiger partial charge in [-0.3, -0.25) is 0 Å². The highest BCUT2D eigenvalue weighted by Gasteiger charge is 2.28. The molecule has 1 aliphatic rings. The predicted octanol–water partition coefficient (Wildman–Crippen LogP) is 3.43. The topological polar surface area (TPSA) is 35.2 Å². The molecule has 0 radical (unpaired) electrons. The quantitative estimate of drug-likeness (QED) is 0.887. The molecule has 0 spiro atoms. The van der Waals surface area contributed by atoms with Crippen molar-refractivity contribution in [2.75, 3.05) is 13.2 Å². The van der Waals surface area contributed by atoms with Crippen molar-refractivity contribution in [3.8, 4) is 0 Å². The van der Waals surface area contributed by atoms with E-state index in [0.29, 0.717) is 10.5 Å². The molecule has 2 atom stereocenters. The van der Waals surface area contributed by atoms with Crippen LogP contribution in [0, 0.1) is 0 Å². The van der Waals surface area contributed by atoms with Gasteiger partial charge in [-0.15, -0.1) is 11.8 Å². The van der Waals surface area contributed by atoms with Gasteiger partial charge in [-0.05, 0) is 17.5 Å². The van der Waals surface area contributed by atoms with Crippen molar-refractivity contribution in [3.63, 3.8) is 0 Å². The molecule has 0 bridgehead atoms. The Kier molecular flexibility index (Phi) is 4.96. The minimum atomic E-state index is 0.111. The fraction of sp³-hybridized carbons (Fsp3) is 0.333. The molecule has 3 heteroatoms. The van der Waals surface area contributed by atoms with Crippen molar-refractivity contribution in [3.05, 3.63) is 71.8 Å². The van der Waals surface area contributed by atoms with Crippen molar-refractivity contribution < 1.29 is 4.74 Å². The summed E-state index contributed by atoms with van der Waals surface area (Å²) in [5.41, 5.74) is 9.17. The highest BCUT2D eigenvalue weighted by atomic mass is 32.2. The number of thioether (sulfide) groups is 1. The molecule has 1 heterocycles. The largest absolute Gasteiger partial charge is 0.379 e. The molecule has 1 fully saturated rings. The molecule has 1 aliphatic heterocycles. The van der Waals surface area contributed by atoms with Crippen molar-refractivity contribution in [1.29, 1.82) is 0 Å². The number of hydrogen-bond donors (Lipinski definition) is 1. The van der Waals surface area contributed by atoms with Gasteiger partial charge < -0.3 is 10.5 Å². The van der Waals surface area contributed by atoms with Gasteiger partial charge in [0.2, 0.25) is 0 Å². The van der Waals surface area contributed by atoms with Crippen LogP contribution in [0.25, 0.3) is 0 Å². The Morgan fingerprint density at radius 3 is 2.19 bits per heavy atom. The first-order valence-corrected chi connectivity index (χ1v) is 8.35. The van der Waals surface area contributed by atoms with Crippen LogP contribution in [0.5, 0.6) is 0 Å². The fourth-order valence-electron chi connectivity index (χ4n) is 2.56. The van der Waals surface area contributed by atoms with Crippen molar-refractivity contribution in [2.45, 2.75) is 23.0 Å². The third-order valence-electron chi connectivity index (χ3n) is 3.78. The first-order chi connectivity index (χ1) is 10.3. The number of nitrogens with two attached hydrogens (primary N) is 1. The molecule has 2 nitrogen and oxygen atoms in total. The molecule has 0 aliphatic carbocycles. The SMILES string of the molecule is NC(Cc1ccccc1)C(SC1COC1)c1ccccc1. The molecular formula is C18H21NOS. The Labute approximate surface area is 130 Å². The van der Waals surface area contributed by atoms with Crippen LogP contribution in [0.15, 0.2) is 60.7 Å². The van der Waals surface area contributed by atoms with Gasteiger partial charge in [0.1, 0.15) is 0 Å². The normalized spacial score (nSPS) is 18.0. The predicted molar refractivity (Wildman–Crippen MR) is 89.5 cm³/mol. The number of benzene rings is 2. The van der Waals surface area contributed by atoms with Crippen LogP contribution in [-0.2, 0) is 11.2 Å². The van der Waals surface area contributed by atoms with E-state index in [0.717, 1.165) is 19.6 Å². The van der Waals surface area contributed by atoms with Crippen molar-refractivity contribution in [2.24, 2.45) is 5.73 Å². The molecule has 0 amide bonds. The zero-order valence-electron chi connectivity index (χ0n) is 12.0. The second-order valence-electron chi connectivity index (χ2n) is 5.48. The molecule has 3 rings (SSSR count). The van der Waals surface area contributed by atoms with E-state index >= 15 is 0 Å². The minimum Gasteiger partial charge on any atom is -0.379 e. The Bertz CT molecular complexity index is 542. The summed E-state index contributed by atoms with van der Waals surface area (Å²) in [5.74, 6) is 0. The lowest BCUT2D eigenvalue weighted by atomic mass is 9.99. The summed E-state index contributed by atoms with van der Waals surface area (Å²) >= 11 is 1.96. The van der Waals surface area contributed by atoms with E-state index in [-0.39, 0.29) is 6.04 Å². The van der Waals surface area contributed by atoms with Crippen molar-refractivity contribution in [1.82, 2.24) is 0 Å². The molecule has 2 unspecified atom stereocenters.